The molecule has 1 aliphatic heterocycles. The lowest BCUT2D eigenvalue weighted by Gasteiger charge is -2.24. The second-order valence-corrected chi connectivity index (χ2v) is 5.68. The number of anilines is 1. The average Bonchev–Trinajstić information content (AvgIpc) is 2.95. The van der Waals surface area contributed by atoms with E-state index in [-0.39, 0.29) is 11.9 Å². The number of imidazole rings is 1. The molecule has 1 amide bonds. The van der Waals surface area contributed by atoms with Gasteiger partial charge in [0, 0.05) is 56.2 Å². The van der Waals surface area contributed by atoms with E-state index in [2.05, 4.69) is 14.9 Å². The van der Waals surface area contributed by atoms with Crippen molar-refractivity contribution in [2.45, 2.75) is 25.4 Å². The van der Waals surface area contributed by atoms with Crippen molar-refractivity contribution in [1.82, 2.24) is 14.9 Å². The summed E-state index contributed by atoms with van der Waals surface area (Å²) in [6.45, 7) is 0.917. The van der Waals surface area contributed by atoms with Crippen molar-refractivity contribution in [3.05, 3.63) is 48.0 Å². The molecule has 1 aromatic heterocycles. The monoisotopic (exact) mass is 284 g/mol. The molecule has 0 aliphatic carbocycles. The fourth-order valence-electron chi connectivity index (χ4n) is 2.67. The van der Waals surface area contributed by atoms with Crippen LogP contribution in [0.2, 0.25) is 0 Å². The smallest absolute Gasteiger partial charge is 0.251 e. The first kappa shape index (κ1) is 13.7. The molecule has 5 heteroatoms. The highest BCUT2D eigenvalue weighted by Crippen LogP contribution is 2.16. The molecule has 1 aromatic carbocycles. The molecular formula is C16H20N4O. The number of fused-ring (bicyclic) bond motifs is 1. The minimum Gasteiger partial charge on any atom is -0.378 e. The van der Waals surface area contributed by atoms with Gasteiger partial charge < -0.3 is 14.8 Å². The third kappa shape index (κ3) is 2.91. The summed E-state index contributed by atoms with van der Waals surface area (Å²) < 4.78 is 2.15. The van der Waals surface area contributed by atoms with Crippen LogP contribution in [0.4, 0.5) is 5.69 Å². The first-order chi connectivity index (χ1) is 10.1. The Morgan fingerprint density at radius 3 is 2.81 bits per heavy atom. The van der Waals surface area contributed by atoms with Crippen molar-refractivity contribution in [2.75, 3.05) is 19.0 Å². The van der Waals surface area contributed by atoms with E-state index in [4.69, 9.17) is 0 Å². The molecule has 1 N–H and O–H groups in total. The van der Waals surface area contributed by atoms with Gasteiger partial charge in [-0.15, -0.1) is 0 Å². The van der Waals surface area contributed by atoms with Crippen LogP contribution in [-0.2, 0) is 13.0 Å². The van der Waals surface area contributed by atoms with Gasteiger partial charge in [-0.1, -0.05) is 0 Å². The number of benzene rings is 1. The number of hydrogen-bond donors (Lipinski definition) is 1. The minimum absolute atomic E-state index is 0.00160. The van der Waals surface area contributed by atoms with Gasteiger partial charge in [0.05, 0.1) is 6.33 Å². The van der Waals surface area contributed by atoms with Gasteiger partial charge in [0.2, 0.25) is 0 Å². The Balaban J connectivity index is 1.64. The van der Waals surface area contributed by atoms with Crippen molar-refractivity contribution >= 4 is 11.6 Å². The molecule has 3 rings (SSSR count). The number of nitrogens with zero attached hydrogens (tertiary/aromatic N) is 3. The molecule has 0 spiro atoms. The maximum Gasteiger partial charge on any atom is 0.251 e. The molecule has 110 valence electrons. The van der Waals surface area contributed by atoms with Crippen LogP contribution < -0.4 is 10.2 Å². The highest BCUT2D eigenvalue weighted by atomic mass is 16.1. The van der Waals surface area contributed by atoms with Crippen LogP contribution in [0.15, 0.2) is 36.8 Å². The summed E-state index contributed by atoms with van der Waals surface area (Å²) in [5.41, 5.74) is 2.99. The van der Waals surface area contributed by atoms with E-state index in [0.29, 0.717) is 5.56 Å². The molecule has 21 heavy (non-hydrogen) atoms. The van der Waals surface area contributed by atoms with Gasteiger partial charge >= 0.3 is 0 Å². The third-order valence-electron chi connectivity index (χ3n) is 3.95. The Labute approximate surface area is 124 Å². The molecule has 0 fully saturated rings. The highest BCUT2D eigenvalue weighted by molar-refractivity contribution is 5.94. The van der Waals surface area contributed by atoms with Crippen molar-refractivity contribution in [3.8, 4) is 0 Å². The zero-order chi connectivity index (χ0) is 14.8. The number of carbonyl (C=O) groups excluding carboxylic acids is 1. The van der Waals surface area contributed by atoms with Gasteiger partial charge in [-0.2, -0.15) is 0 Å². The fraction of sp³-hybridized carbons (Fsp3) is 0.375. The molecule has 1 atom stereocenters. The Kier molecular flexibility index (Phi) is 3.64. The number of aryl methyl sites for hydroxylation is 1. The van der Waals surface area contributed by atoms with Crippen LogP contribution in [0.1, 0.15) is 22.5 Å². The number of nitrogens with one attached hydrogen (secondary N) is 1. The average molecular weight is 284 g/mol. The maximum atomic E-state index is 12.3. The molecule has 1 unspecified atom stereocenters. The molecule has 0 saturated carbocycles. The van der Waals surface area contributed by atoms with Crippen LogP contribution in [0, 0.1) is 0 Å². The van der Waals surface area contributed by atoms with Crippen molar-refractivity contribution in [1.29, 1.82) is 0 Å². The number of aromatic nitrogens is 2. The van der Waals surface area contributed by atoms with Crippen LogP contribution in [0.25, 0.3) is 0 Å². The molecule has 2 heterocycles. The topological polar surface area (TPSA) is 50.2 Å². The molecular weight excluding hydrogens is 264 g/mol. The van der Waals surface area contributed by atoms with E-state index in [1.807, 2.05) is 55.8 Å². The molecule has 0 radical (unpaired) electrons. The van der Waals surface area contributed by atoms with E-state index in [1.165, 1.54) is 5.69 Å². The lowest BCUT2D eigenvalue weighted by atomic mass is 10.0. The Morgan fingerprint density at radius 1 is 1.33 bits per heavy atom. The van der Waals surface area contributed by atoms with Gasteiger partial charge in [0.25, 0.3) is 5.91 Å². The lowest BCUT2D eigenvalue weighted by Crippen LogP contribution is -2.39. The molecule has 5 nitrogen and oxygen atoms in total. The van der Waals surface area contributed by atoms with E-state index in [0.717, 1.165) is 25.1 Å². The lowest BCUT2D eigenvalue weighted by molar-refractivity contribution is 0.0931. The largest absolute Gasteiger partial charge is 0.378 e. The normalized spacial score (nSPS) is 17.1. The van der Waals surface area contributed by atoms with Gasteiger partial charge in [0.15, 0.2) is 0 Å². The Bertz CT molecular complexity index is 630. The number of carbonyl (C=O) groups is 1. The second kappa shape index (κ2) is 5.60. The minimum atomic E-state index is -0.00160. The maximum absolute atomic E-state index is 12.3. The molecule has 0 bridgehead atoms. The summed E-state index contributed by atoms with van der Waals surface area (Å²) in [5, 5.41) is 3.12. The Hall–Kier alpha value is -2.30. The van der Waals surface area contributed by atoms with E-state index in [9.17, 15) is 4.79 Å². The summed E-state index contributed by atoms with van der Waals surface area (Å²) in [4.78, 5) is 18.5. The second-order valence-electron chi connectivity index (χ2n) is 5.68. The van der Waals surface area contributed by atoms with Crippen LogP contribution in [0.5, 0.6) is 0 Å². The highest BCUT2D eigenvalue weighted by Gasteiger charge is 2.20. The number of amides is 1. The Morgan fingerprint density at radius 2 is 2.10 bits per heavy atom. The van der Waals surface area contributed by atoms with Gasteiger partial charge in [0.1, 0.15) is 0 Å². The van der Waals surface area contributed by atoms with E-state index >= 15 is 0 Å². The predicted octanol–water partition coefficient (Wildman–Crippen LogP) is 1.69. The van der Waals surface area contributed by atoms with Crippen LogP contribution in [-0.4, -0.2) is 35.6 Å². The van der Waals surface area contributed by atoms with Crippen LogP contribution >= 0.6 is 0 Å². The number of rotatable bonds is 3. The summed E-state index contributed by atoms with van der Waals surface area (Å²) in [6.07, 6.45) is 5.53. The number of hydrogen-bond acceptors (Lipinski definition) is 3. The zero-order valence-corrected chi connectivity index (χ0v) is 12.4. The standard InChI is InChI=1S/C16H20N4O/c1-19(2)14-5-3-12(4-6-14)16(21)18-13-7-8-20-11-17-10-15(20)9-13/h3-6,10-11,13H,7-9H2,1-2H3,(H,18,21). The fourth-order valence-corrected chi connectivity index (χ4v) is 2.67. The van der Waals surface area contributed by atoms with Gasteiger partial charge in [-0.3, -0.25) is 4.79 Å². The summed E-state index contributed by atoms with van der Waals surface area (Å²) in [7, 11) is 3.97. The first-order valence-electron chi connectivity index (χ1n) is 7.21. The molecule has 2 aromatic rings. The first-order valence-corrected chi connectivity index (χ1v) is 7.21. The van der Waals surface area contributed by atoms with Gasteiger partial charge in [-0.25, -0.2) is 4.98 Å². The van der Waals surface area contributed by atoms with Crippen molar-refractivity contribution < 1.29 is 4.79 Å². The quantitative estimate of drug-likeness (QED) is 0.933. The van der Waals surface area contributed by atoms with Crippen molar-refractivity contribution in [3.63, 3.8) is 0 Å². The SMILES string of the molecule is CN(C)c1ccc(C(=O)NC2CCn3cncc3C2)cc1. The third-order valence-corrected chi connectivity index (χ3v) is 3.95. The van der Waals surface area contributed by atoms with E-state index < -0.39 is 0 Å². The van der Waals surface area contributed by atoms with E-state index in [1.54, 1.807) is 0 Å². The van der Waals surface area contributed by atoms with Crippen LogP contribution in [0.3, 0.4) is 0 Å². The van der Waals surface area contributed by atoms with Gasteiger partial charge in [-0.05, 0) is 30.7 Å². The summed E-state index contributed by atoms with van der Waals surface area (Å²) in [5.74, 6) is -0.00160. The summed E-state index contributed by atoms with van der Waals surface area (Å²) >= 11 is 0. The summed E-state index contributed by atoms with van der Waals surface area (Å²) in [6, 6.07) is 7.86. The molecule has 1 aliphatic rings. The van der Waals surface area contributed by atoms with Crippen molar-refractivity contribution in [2.24, 2.45) is 0 Å². The molecule has 0 saturated heterocycles. The predicted molar refractivity (Wildman–Crippen MR) is 82.6 cm³/mol. The zero-order valence-electron chi connectivity index (χ0n) is 12.4.